The molecule has 1 amide bonds. The maximum absolute atomic E-state index is 12.8. The average Bonchev–Trinajstić information content (AvgIpc) is 2.73. The lowest BCUT2D eigenvalue weighted by molar-refractivity contribution is -0.143. The van der Waals surface area contributed by atoms with Crippen LogP contribution in [0.1, 0.15) is 17.4 Å². The summed E-state index contributed by atoms with van der Waals surface area (Å²) in [5, 5.41) is 4.13. The predicted octanol–water partition coefficient (Wildman–Crippen LogP) is 0.974. The third-order valence-electron chi connectivity index (χ3n) is 3.88. The zero-order chi connectivity index (χ0) is 21.1. The van der Waals surface area contributed by atoms with Gasteiger partial charge in [0.25, 0.3) is 11.5 Å². The van der Waals surface area contributed by atoms with E-state index in [-0.39, 0.29) is 50.7 Å². The number of amides is 1. The molecule has 0 unspecified atom stereocenters. The molecular weight excluding hydrogens is 378 g/mol. The summed E-state index contributed by atoms with van der Waals surface area (Å²) < 4.78 is 16.6. The summed E-state index contributed by atoms with van der Waals surface area (Å²) >= 11 is 0. The molecule has 1 aromatic carbocycles. The van der Waals surface area contributed by atoms with Crippen molar-refractivity contribution in [3.63, 3.8) is 0 Å². The fourth-order valence-electron chi connectivity index (χ4n) is 2.47. The number of benzene rings is 1. The molecule has 156 valence electrons. The minimum atomic E-state index is -0.526. The molecule has 0 aliphatic rings. The van der Waals surface area contributed by atoms with Crippen molar-refractivity contribution in [1.29, 1.82) is 0 Å². The van der Waals surface area contributed by atoms with Crippen molar-refractivity contribution in [2.45, 2.75) is 13.5 Å². The molecule has 0 atom stereocenters. The third kappa shape index (κ3) is 7.04. The SMILES string of the molecule is CCOC(=O)CN(CCOC)C(=O)c1ccc(=O)n(CCOc2ccccc2)n1. The van der Waals surface area contributed by atoms with Gasteiger partial charge in [0, 0.05) is 19.7 Å². The predicted molar refractivity (Wildman–Crippen MR) is 105 cm³/mol. The second-order valence-electron chi connectivity index (χ2n) is 5.97. The Kier molecular flexibility index (Phi) is 8.84. The maximum Gasteiger partial charge on any atom is 0.325 e. The molecule has 0 spiro atoms. The van der Waals surface area contributed by atoms with Crippen LogP contribution in [0.5, 0.6) is 5.75 Å². The molecule has 0 bridgehead atoms. The minimum absolute atomic E-state index is 0.0460. The second kappa shape index (κ2) is 11.6. The van der Waals surface area contributed by atoms with Gasteiger partial charge in [0.05, 0.1) is 19.8 Å². The van der Waals surface area contributed by atoms with E-state index in [1.807, 2.05) is 18.2 Å². The molecule has 0 aliphatic heterocycles. The monoisotopic (exact) mass is 403 g/mol. The first-order valence-corrected chi connectivity index (χ1v) is 9.25. The van der Waals surface area contributed by atoms with Crippen LogP contribution in [-0.2, 0) is 20.8 Å². The highest BCUT2D eigenvalue weighted by Gasteiger charge is 2.21. The molecule has 29 heavy (non-hydrogen) atoms. The average molecular weight is 403 g/mol. The van der Waals surface area contributed by atoms with Gasteiger partial charge in [-0.05, 0) is 25.1 Å². The summed E-state index contributed by atoms with van der Waals surface area (Å²) in [5.41, 5.74) is -0.309. The Hall–Kier alpha value is -3.20. The van der Waals surface area contributed by atoms with Crippen LogP contribution in [0.25, 0.3) is 0 Å². The van der Waals surface area contributed by atoms with E-state index >= 15 is 0 Å². The van der Waals surface area contributed by atoms with Gasteiger partial charge in [0.15, 0.2) is 0 Å². The van der Waals surface area contributed by atoms with Crippen LogP contribution in [0.2, 0.25) is 0 Å². The molecular formula is C20H25N3O6. The lowest BCUT2D eigenvalue weighted by Gasteiger charge is -2.21. The maximum atomic E-state index is 12.8. The Morgan fingerprint density at radius 1 is 1.10 bits per heavy atom. The number of nitrogens with zero attached hydrogens (tertiary/aromatic N) is 3. The molecule has 0 aliphatic carbocycles. The summed E-state index contributed by atoms with van der Waals surface area (Å²) in [4.78, 5) is 37.9. The molecule has 0 radical (unpaired) electrons. The summed E-state index contributed by atoms with van der Waals surface area (Å²) in [7, 11) is 1.50. The second-order valence-corrected chi connectivity index (χ2v) is 5.97. The van der Waals surface area contributed by atoms with Gasteiger partial charge in [-0.15, -0.1) is 0 Å². The zero-order valence-corrected chi connectivity index (χ0v) is 16.6. The fourth-order valence-corrected chi connectivity index (χ4v) is 2.47. The number of esters is 1. The zero-order valence-electron chi connectivity index (χ0n) is 16.6. The molecule has 1 heterocycles. The van der Waals surface area contributed by atoms with Gasteiger partial charge in [0.1, 0.15) is 24.6 Å². The number of carbonyl (C=O) groups excluding carboxylic acids is 2. The van der Waals surface area contributed by atoms with Crippen LogP contribution in [0.3, 0.4) is 0 Å². The van der Waals surface area contributed by atoms with Crippen LogP contribution in [0, 0.1) is 0 Å². The Bertz CT molecular complexity index is 853. The Morgan fingerprint density at radius 3 is 2.55 bits per heavy atom. The highest BCUT2D eigenvalue weighted by molar-refractivity contribution is 5.94. The molecule has 0 saturated heterocycles. The molecule has 2 aromatic rings. The Labute approximate surface area is 168 Å². The molecule has 0 N–H and O–H groups in total. The van der Waals surface area contributed by atoms with E-state index in [0.29, 0.717) is 5.75 Å². The Balaban J connectivity index is 2.08. The van der Waals surface area contributed by atoms with Crippen LogP contribution in [-0.4, -0.2) is 66.6 Å². The smallest absolute Gasteiger partial charge is 0.325 e. The van der Waals surface area contributed by atoms with Crippen molar-refractivity contribution in [3.05, 3.63) is 58.5 Å². The van der Waals surface area contributed by atoms with Crippen molar-refractivity contribution in [1.82, 2.24) is 14.7 Å². The molecule has 2 rings (SSSR count). The summed E-state index contributed by atoms with van der Waals surface area (Å²) in [6.07, 6.45) is 0. The van der Waals surface area contributed by atoms with E-state index in [9.17, 15) is 14.4 Å². The number of methoxy groups -OCH3 is 1. The van der Waals surface area contributed by atoms with E-state index in [1.54, 1.807) is 19.1 Å². The first-order chi connectivity index (χ1) is 14.0. The third-order valence-corrected chi connectivity index (χ3v) is 3.88. The van der Waals surface area contributed by atoms with E-state index in [4.69, 9.17) is 14.2 Å². The van der Waals surface area contributed by atoms with Crippen molar-refractivity contribution < 1.29 is 23.8 Å². The van der Waals surface area contributed by atoms with Crippen LogP contribution >= 0.6 is 0 Å². The number of rotatable bonds is 11. The lowest BCUT2D eigenvalue weighted by atomic mass is 10.3. The van der Waals surface area contributed by atoms with Crippen LogP contribution < -0.4 is 10.3 Å². The van der Waals surface area contributed by atoms with E-state index in [0.717, 1.165) is 4.68 Å². The molecule has 0 fully saturated rings. The van der Waals surface area contributed by atoms with Crippen LogP contribution in [0.15, 0.2) is 47.3 Å². The summed E-state index contributed by atoms with van der Waals surface area (Å²) in [6, 6.07) is 11.8. The van der Waals surface area contributed by atoms with Gasteiger partial charge in [-0.1, -0.05) is 18.2 Å². The molecule has 0 saturated carbocycles. The quantitative estimate of drug-likeness (QED) is 0.516. The van der Waals surface area contributed by atoms with E-state index in [2.05, 4.69) is 5.10 Å². The fraction of sp³-hybridized carbons (Fsp3) is 0.400. The van der Waals surface area contributed by atoms with Gasteiger partial charge >= 0.3 is 5.97 Å². The molecule has 1 aromatic heterocycles. The van der Waals surface area contributed by atoms with Gasteiger partial charge in [-0.2, -0.15) is 5.10 Å². The highest BCUT2D eigenvalue weighted by atomic mass is 16.5. The number of para-hydroxylation sites is 1. The highest BCUT2D eigenvalue weighted by Crippen LogP contribution is 2.08. The first-order valence-electron chi connectivity index (χ1n) is 9.25. The summed E-state index contributed by atoms with van der Waals surface area (Å²) in [5.74, 6) is -0.345. The van der Waals surface area contributed by atoms with Gasteiger partial charge in [0.2, 0.25) is 0 Å². The number of hydrogen-bond acceptors (Lipinski definition) is 7. The number of aromatic nitrogens is 2. The van der Waals surface area contributed by atoms with E-state index in [1.165, 1.54) is 24.1 Å². The van der Waals surface area contributed by atoms with Crippen molar-refractivity contribution in [2.24, 2.45) is 0 Å². The molecule has 9 nitrogen and oxygen atoms in total. The van der Waals surface area contributed by atoms with Gasteiger partial charge in [-0.25, -0.2) is 4.68 Å². The minimum Gasteiger partial charge on any atom is -0.492 e. The molecule has 9 heteroatoms. The largest absolute Gasteiger partial charge is 0.492 e. The van der Waals surface area contributed by atoms with E-state index < -0.39 is 11.9 Å². The number of carbonyl (C=O) groups is 2. The number of ether oxygens (including phenoxy) is 3. The Morgan fingerprint density at radius 2 is 1.86 bits per heavy atom. The van der Waals surface area contributed by atoms with Gasteiger partial charge in [-0.3, -0.25) is 14.4 Å². The topological polar surface area (TPSA) is 100.0 Å². The van der Waals surface area contributed by atoms with Crippen molar-refractivity contribution in [3.8, 4) is 5.75 Å². The van der Waals surface area contributed by atoms with Crippen molar-refractivity contribution >= 4 is 11.9 Å². The van der Waals surface area contributed by atoms with Crippen molar-refractivity contribution in [2.75, 3.05) is 40.0 Å². The first kappa shape index (κ1) is 22.1. The number of hydrogen-bond donors (Lipinski definition) is 0. The summed E-state index contributed by atoms with van der Waals surface area (Å²) in [6.45, 7) is 2.50. The van der Waals surface area contributed by atoms with Crippen LogP contribution in [0.4, 0.5) is 0 Å². The standard InChI is InChI=1S/C20H25N3O6/c1-3-28-19(25)15-22(11-13-27-2)20(26)17-9-10-18(24)23(21-17)12-14-29-16-7-5-4-6-8-16/h4-10H,3,11-15H2,1-2H3. The lowest BCUT2D eigenvalue weighted by Crippen LogP contribution is -2.40. The van der Waals surface area contributed by atoms with Gasteiger partial charge < -0.3 is 19.1 Å². The normalized spacial score (nSPS) is 10.4.